The summed E-state index contributed by atoms with van der Waals surface area (Å²) in [7, 11) is 0. The number of rotatable bonds is 0. The molecule has 0 saturated heterocycles. The van der Waals surface area contributed by atoms with Crippen LogP contribution in [0.5, 0.6) is 0 Å². The van der Waals surface area contributed by atoms with Crippen molar-refractivity contribution in [3.63, 3.8) is 0 Å². The third kappa shape index (κ3) is 1.59. The standard InChI is InChI=1S/C9H2BrClF3N/c10-3-2-15-5-1-4(12)8(13)9(14)6(5)7(3)11/h1-2H. The van der Waals surface area contributed by atoms with Crippen molar-refractivity contribution in [2.24, 2.45) is 0 Å². The van der Waals surface area contributed by atoms with Gasteiger partial charge in [-0.2, -0.15) is 0 Å². The first-order chi connectivity index (χ1) is 7.02. The molecule has 15 heavy (non-hydrogen) atoms. The SMILES string of the molecule is Fc1cc2ncc(Br)c(Cl)c2c(F)c1F. The topological polar surface area (TPSA) is 12.9 Å². The maximum atomic E-state index is 13.3. The maximum Gasteiger partial charge on any atom is 0.195 e. The molecule has 2 rings (SSSR count). The first-order valence-electron chi connectivity index (χ1n) is 3.79. The minimum Gasteiger partial charge on any atom is -0.255 e. The van der Waals surface area contributed by atoms with Crippen LogP contribution < -0.4 is 0 Å². The van der Waals surface area contributed by atoms with Crippen molar-refractivity contribution >= 4 is 38.4 Å². The number of halogens is 5. The highest BCUT2D eigenvalue weighted by Crippen LogP contribution is 2.32. The predicted molar refractivity (Wildman–Crippen MR) is 54.3 cm³/mol. The zero-order chi connectivity index (χ0) is 11.2. The van der Waals surface area contributed by atoms with Crippen LogP contribution in [0.1, 0.15) is 0 Å². The summed E-state index contributed by atoms with van der Waals surface area (Å²) in [5, 5.41) is -0.263. The largest absolute Gasteiger partial charge is 0.255 e. The number of fused-ring (bicyclic) bond motifs is 1. The molecular weight excluding hydrogens is 294 g/mol. The Morgan fingerprint density at radius 1 is 1.20 bits per heavy atom. The molecule has 78 valence electrons. The molecule has 2 aromatic rings. The van der Waals surface area contributed by atoms with Gasteiger partial charge in [-0.25, -0.2) is 13.2 Å². The molecule has 0 fully saturated rings. The third-order valence-electron chi connectivity index (χ3n) is 1.89. The smallest absolute Gasteiger partial charge is 0.195 e. The van der Waals surface area contributed by atoms with Crippen LogP contribution >= 0.6 is 27.5 Å². The number of nitrogens with zero attached hydrogens (tertiary/aromatic N) is 1. The fourth-order valence-corrected chi connectivity index (χ4v) is 1.72. The Morgan fingerprint density at radius 3 is 2.53 bits per heavy atom. The van der Waals surface area contributed by atoms with Crippen LogP contribution in [-0.2, 0) is 0 Å². The Hall–Kier alpha value is -0.810. The number of benzene rings is 1. The van der Waals surface area contributed by atoms with Gasteiger partial charge in [0, 0.05) is 12.3 Å². The average molecular weight is 296 g/mol. The molecule has 0 bridgehead atoms. The quantitative estimate of drug-likeness (QED) is 0.668. The van der Waals surface area contributed by atoms with Gasteiger partial charge in [0.2, 0.25) is 0 Å². The second-order valence-corrected chi connectivity index (χ2v) is 4.03. The molecular formula is C9H2BrClF3N. The summed E-state index contributed by atoms with van der Waals surface area (Å²) < 4.78 is 39.4. The van der Waals surface area contributed by atoms with E-state index in [1.165, 1.54) is 6.20 Å². The number of hydrogen-bond donors (Lipinski definition) is 0. The van der Waals surface area contributed by atoms with E-state index in [4.69, 9.17) is 11.6 Å². The van der Waals surface area contributed by atoms with E-state index in [1.54, 1.807) is 0 Å². The van der Waals surface area contributed by atoms with Gasteiger partial charge in [0.05, 0.1) is 20.4 Å². The lowest BCUT2D eigenvalue weighted by Gasteiger charge is -2.04. The molecule has 0 aliphatic rings. The van der Waals surface area contributed by atoms with Gasteiger partial charge in [-0.05, 0) is 15.9 Å². The highest BCUT2D eigenvalue weighted by Gasteiger charge is 2.17. The second kappa shape index (κ2) is 3.64. The van der Waals surface area contributed by atoms with Gasteiger partial charge in [-0.1, -0.05) is 11.6 Å². The third-order valence-corrected chi connectivity index (χ3v) is 3.11. The van der Waals surface area contributed by atoms with Crippen molar-refractivity contribution in [1.82, 2.24) is 4.98 Å². The van der Waals surface area contributed by atoms with Crippen molar-refractivity contribution in [2.45, 2.75) is 0 Å². The Kier molecular flexibility index (Phi) is 2.60. The molecule has 1 aromatic heterocycles. The predicted octanol–water partition coefficient (Wildman–Crippen LogP) is 4.07. The monoisotopic (exact) mass is 295 g/mol. The van der Waals surface area contributed by atoms with Crippen molar-refractivity contribution in [1.29, 1.82) is 0 Å². The van der Waals surface area contributed by atoms with Crippen LogP contribution in [0.15, 0.2) is 16.7 Å². The summed E-state index contributed by atoms with van der Waals surface area (Å²) in [6.07, 6.45) is 1.29. The molecule has 0 aliphatic heterocycles. The van der Waals surface area contributed by atoms with Crippen molar-refractivity contribution in [2.75, 3.05) is 0 Å². The van der Waals surface area contributed by atoms with Gasteiger partial charge in [0.1, 0.15) is 0 Å². The highest BCUT2D eigenvalue weighted by atomic mass is 79.9. The van der Waals surface area contributed by atoms with Crippen LogP contribution in [0.3, 0.4) is 0 Å². The van der Waals surface area contributed by atoms with Crippen LogP contribution in [0.2, 0.25) is 5.02 Å². The Morgan fingerprint density at radius 2 is 1.87 bits per heavy atom. The summed E-state index contributed by atoms with van der Waals surface area (Å²) >= 11 is 8.76. The second-order valence-electron chi connectivity index (χ2n) is 2.80. The normalized spacial score (nSPS) is 11.0. The Labute approximate surface area is 96.0 Å². The van der Waals surface area contributed by atoms with E-state index in [-0.39, 0.29) is 15.9 Å². The molecule has 1 heterocycles. The Bertz CT molecular complexity index is 559. The fraction of sp³-hybridized carbons (Fsp3) is 0. The van der Waals surface area contributed by atoms with Crippen LogP contribution in [0.25, 0.3) is 10.9 Å². The summed E-state index contributed by atoms with van der Waals surface area (Å²) in [5.41, 5.74) is -0.0281. The van der Waals surface area contributed by atoms with Gasteiger partial charge in [0.25, 0.3) is 0 Å². The number of aromatic nitrogens is 1. The number of pyridine rings is 1. The van der Waals surface area contributed by atoms with E-state index in [0.717, 1.165) is 6.07 Å². The summed E-state index contributed by atoms with van der Waals surface area (Å²) in [5.74, 6) is -4.17. The lowest BCUT2D eigenvalue weighted by molar-refractivity contribution is 0.453. The van der Waals surface area contributed by atoms with Crippen molar-refractivity contribution < 1.29 is 13.2 Å². The molecule has 0 atom stereocenters. The van der Waals surface area contributed by atoms with E-state index in [0.29, 0.717) is 4.47 Å². The van der Waals surface area contributed by atoms with E-state index in [2.05, 4.69) is 20.9 Å². The Balaban J connectivity index is 3.00. The van der Waals surface area contributed by atoms with E-state index >= 15 is 0 Å². The molecule has 6 heteroatoms. The van der Waals surface area contributed by atoms with Gasteiger partial charge in [-0.15, -0.1) is 0 Å². The molecule has 1 aromatic carbocycles. The van der Waals surface area contributed by atoms with Gasteiger partial charge >= 0.3 is 0 Å². The van der Waals surface area contributed by atoms with Crippen molar-refractivity contribution in [3.8, 4) is 0 Å². The molecule has 0 N–H and O–H groups in total. The van der Waals surface area contributed by atoms with E-state index < -0.39 is 17.5 Å². The summed E-state index contributed by atoms with van der Waals surface area (Å²) in [6, 6.07) is 0.798. The summed E-state index contributed by atoms with van der Waals surface area (Å²) in [4.78, 5) is 3.73. The molecule has 0 radical (unpaired) electrons. The number of hydrogen-bond acceptors (Lipinski definition) is 1. The lowest BCUT2D eigenvalue weighted by atomic mass is 10.2. The minimum atomic E-state index is -1.55. The van der Waals surface area contributed by atoms with Gasteiger partial charge in [-0.3, -0.25) is 4.98 Å². The van der Waals surface area contributed by atoms with Gasteiger partial charge < -0.3 is 0 Å². The van der Waals surface area contributed by atoms with Crippen LogP contribution in [-0.4, -0.2) is 4.98 Å². The van der Waals surface area contributed by atoms with Crippen LogP contribution in [0.4, 0.5) is 13.2 Å². The van der Waals surface area contributed by atoms with Crippen molar-refractivity contribution in [3.05, 3.63) is 39.2 Å². The highest BCUT2D eigenvalue weighted by molar-refractivity contribution is 9.10. The molecule has 1 nitrogen and oxygen atoms in total. The van der Waals surface area contributed by atoms with Crippen LogP contribution in [0, 0.1) is 17.5 Å². The summed E-state index contributed by atoms with van der Waals surface area (Å²) in [6.45, 7) is 0. The fourth-order valence-electron chi connectivity index (χ4n) is 1.20. The molecule has 0 unspecified atom stereocenters. The molecule has 0 amide bonds. The molecule has 0 aliphatic carbocycles. The van der Waals surface area contributed by atoms with E-state index in [1.807, 2.05) is 0 Å². The zero-order valence-electron chi connectivity index (χ0n) is 6.99. The maximum absolute atomic E-state index is 13.3. The molecule has 0 saturated carbocycles. The zero-order valence-corrected chi connectivity index (χ0v) is 9.33. The lowest BCUT2D eigenvalue weighted by Crippen LogP contribution is -1.94. The molecule has 0 spiro atoms. The van der Waals surface area contributed by atoms with E-state index in [9.17, 15) is 13.2 Å². The minimum absolute atomic E-state index is 0.0281. The average Bonchev–Trinajstić information content (AvgIpc) is 2.20. The van der Waals surface area contributed by atoms with Gasteiger partial charge in [0.15, 0.2) is 17.5 Å². The first-order valence-corrected chi connectivity index (χ1v) is 4.96. The first kappa shape index (κ1) is 10.7.